The first-order chi connectivity index (χ1) is 14.9. The number of nitrogens with one attached hydrogen (secondary N) is 1. The molecule has 5 rings (SSSR count). The number of nitrogens with zero attached hydrogens (tertiary/aromatic N) is 4. The molecule has 7 nitrogen and oxygen atoms in total. The number of hydrogen-bond donors (Lipinski definition) is 1. The number of imidazole rings is 1. The van der Waals surface area contributed by atoms with Crippen LogP contribution in [0.15, 0.2) is 18.2 Å². The zero-order valence-corrected chi connectivity index (χ0v) is 17.7. The van der Waals surface area contributed by atoms with Gasteiger partial charge in [-0.15, -0.1) is 0 Å². The van der Waals surface area contributed by atoms with E-state index in [2.05, 4.69) is 20.0 Å². The number of aryl methyl sites for hydroxylation is 2. The van der Waals surface area contributed by atoms with Crippen LogP contribution in [0.25, 0.3) is 16.9 Å². The van der Waals surface area contributed by atoms with Crippen molar-refractivity contribution in [3.8, 4) is 17.2 Å². The van der Waals surface area contributed by atoms with Gasteiger partial charge in [-0.25, -0.2) is 15.0 Å². The molecule has 1 aromatic carbocycles. The molecule has 0 radical (unpaired) electrons. The monoisotopic (exact) mass is 429 g/mol. The van der Waals surface area contributed by atoms with Crippen molar-refractivity contribution in [3.05, 3.63) is 29.8 Å². The molecule has 0 atom stereocenters. The smallest absolute Gasteiger partial charge is 0.387 e. The predicted octanol–water partition coefficient (Wildman–Crippen LogP) is 4.64. The number of alkyl halides is 2. The molecule has 3 aromatic rings. The van der Waals surface area contributed by atoms with E-state index in [-0.39, 0.29) is 11.5 Å². The Morgan fingerprint density at radius 2 is 1.74 bits per heavy atom. The number of halogens is 2. The first kappa shape index (κ1) is 20.0. The number of hydrogen-bond acceptors (Lipinski definition) is 6. The number of rotatable bonds is 8. The molecule has 2 saturated carbocycles. The van der Waals surface area contributed by atoms with Gasteiger partial charge < -0.3 is 14.8 Å². The highest BCUT2D eigenvalue weighted by molar-refractivity contribution is 5.85. The zero-order chi connectivity index (χ0) is 21.7. The fourth-order valence-electron chi connectivity index (χ4n) is 4.26. The lowest BCUT2D eigenvalue weighted by Crippen LogP contribution is -2.25. The van der Waals surface area contributed by atoms with Crippen molar-refractivity contribution in [3.63, 3.8) is 0 Å². The molecule has 2 aromatic heterocycles. The van der Waals surface area contributed by atoms with E-state index in [0.29, 0.717) is 40.6 Å². The summed E-state index contributed by atoms with van der Waals surface area (Å²) in [5.41, 5.74) is 2.08. The minimum Gasteiger partial charge on any atom is -0.493 e. The third kappa shape index (κ3) is 3.88. The predicted molar refractivity (Wildman–Crippen MR) is 112 cm³/mol. The Morgan fingerprint density at radius 1 is 1.03 bits per heavy atom. The molecule has 1 N–H and O–H groups in total. The van der Waals surface area contributed by atoms with Gasteiger partial charge in [0.1, 0.15) is 11.6 Å². The van der Waals surface area contributed by atoms with E-state index in [1.54, 1.807) is 12.1 Å². The Bertz CT molecular complexity index is 1110. The highest BCUT2D eigenvalue weighted by Gasteiger charge is 2.42. The zero-order valence-electron chi connectivity index (χ0n) is 17.7. The summed E-state index contributed by atoms with van der Waals surface area (Å²) in [5, 5.41) is 3.68. The fourth-order valence-corrected chi connectivity index (χ4v) is 4.26. The van der Waals surface area contributed by atoms with Crippen LogP contribution in [0.4, 0.5) is 14.6 Å². The summed E-state index contributed by atoms with van der Waals surface area (Å²) in [5.74, 6) is 3.75. The van der Waals surface area contributed by atoms with Crippen molar-refractivity contribution in [2.45, 2.75) is 52.2 Å². The second-order valence-corrected chi connectivity index (χ2v) is 8.34. The van der Waals surface area contributed by atoms with Crippen LogP contribution in [0.1, 0.15) is 37.3 Å². The van der Waals surface area contributed by atoms with Crippen molar-refractivity contribution >= 4 is 17.0 Å². The third-order valence-electron chi connectivity index (χ3n) is 5.97. The van der Waals surface area contributed by atoms with E-state index < -0.39 is 6.61 Å². The van der Waals surface area contributed by atoms with Crippen LogP contribution in [0, 0.1) is 25.7 Å². The first-order valence-corrected chi connectivity index (χ1v) is 10.6. The lowest BCUT2D eigenvalue weighted by molar-refractivity contribution is -0.0512. The summed E-state index contributed by atoms with van der Waals surface area (Å²) in [6, 6.07) is 5.24. The Morgan fingerprint density at radius 3 is 2.35 bits per heavy atom. The Hall–Kier alpha value is -2.97. The van der Waals surface area contributed by atoms with Crippen LogP contribution < -0.4 is 14.8 Å². The van der Waals surface area contributed by atoms with Crippen molar-refractivity contribution < 1.29 is 18.3 Å². The molecule has 9 heteroatoms. The second kappa shape index (κ2) is 7.62. The van der Waals surface area contributed by atoms with Crippen molar-refractivity contribution in [2.24, 2.45) is 11.8 Å². The van der Waals surface area contributed by atoms with E-state index in [9.17, 15) is 8.78 Å². The number of benzene rings is 1. The van der Waals surface area contributed by atoms with E-state index in [4.69, 9.17) is 9.72 Å². The lowest BCUT2D eigenvalue weighted by Gasteiger charge is -2.18. The third-order valence-corrected chi connectivity index (χ3v) is 5.97. The number of methoxy groups -OCH3 is 1. The van der Waals surface area contributed by atoms with Crippen LogP contribution in [0.2, 0.25) is 0 Å². The molecule has 2 aliphatic carbocycles. The summed E-state index contributed by atoms with van der Waals surface area (Å²) in [7, 11) is 1.42. The Labute approximate surface area is 178 Å². The number of fused-ring (bicyclic) bond motifs is 1. The number of aromatic nitrogens is 4. The van der Waals surface area contributed by atoms with Crippen molar-refractivity contribution in [1.29, 1.82) is 0 Å². The summed E-state index contributed by atoms with van der Waals surface area (Å²) in [6.07, 6.45) is 5.06. The lowest BCUT2D eigenvalue weighted by atomic mass is 10.1. The molecule has 0 spiro atoms. The first-order valence-electron chi connectivity index (χ1n) is 10.6. The number of anilines is 1. The van der Waals surface area contributed by atoms with Crippen LogP contribution in [0.5, 0.6) is 11.5 Å². The number of ether oxygens (including phenoxy) is 2. The molecular formula is C22H25F2N5O2. The molecular weight excluding hydrogens is 404 g/mol. The average molecular weight is 429 g/mol. The average Bonchev–Trinajstić information content (AvgIpc) is 3.64. The molecule has 2 aliphatic rings. The normalized spacial score (nSPS) is 16.4. The SMILES string of the molecule is COc1cc(-n2c(C)nc3c(NC(C4CC4)C4CC4)nc(C)nc32)ccc1OC(F)F. The molecule has 0 amide bonds. The van der Waals surface area contributed by atoms with E-state index in [0.717, 1.165) is 11.6 Å². The van der Waals surface area contributed by atoms with E-state index in [1.165, 1.54) is 38.9 Å². The topological polar surface area (TPSA) is 74.1 Å². The van der Waals surface area contributed by atoms with Gasteiger partial charge in [-0.05, 0) is 63.5 Å². The van der Waals surface area contributed by atoms with Crippen molar-refractivity contribution in [2.75, 3.05) is 12.4 Å². The molecule has 164 valence electrons. The maximum Gasteiger partial charge on any atom is 0.387 e. The van der Waals surface area contributed by atoms with Gasteiger partial charge in [-0.1, -0.05) is 0 Å². The summed E-state index contributed by atoms with van der Waals surface area (Å²) in [6.45, 7) is 0.821. The van der Waals surface area contributed by atoms with Crippen LogP contribution >= 0.6 is 0 Å². The van der Waals surface area contributed by atoms with Gasteiger partial charge >= 0.3 is 6.61 Å². The van der Waals surface area contributed by atoms with Gasteiger partial charge in [0, 0.05) is 12.1 Å². The molecule has 0 bridgehead atoms. The van der Waals surface area contributed by atoms with Gasteiger partial charge in [0.25, 0.3) is 0 Å². The summed E-state index contributed by atoms with van der Waals surface area (Å²) >= 11 is 0. The summed E-state index contributed by atoms with van der Waals surface area (Å²) < 4.78 is 37.1. The van der Waals surface area contributed by atoms with Gasteiger partial charge in [-0.3, -0.25) is 4.57 Å². The minimum absolute atomic E-state index is 0.0202. The van der Waals surface area contributed by atoms with Crippen LogP contribution in [-0.4, -0.2) is 39.3 Å². The van der Waals surface area contributed by atoms with Crippen molar-refractivity contribution in [1.82, 2.24) is 19.5 Å². The highest BCUT2D eigenvalue weighted by atomic mass is 19.3. The Balaban J connectivity index is 1.57. The Kier molecular flexibility index (Phi) is 4.91. The molecule has 2 fully saturated rings. The maximum atomic E-state index is 12.7. The summed E-state index contributed by atoms with van der Waals surface area (Å²) in [4.78, 5) is 14.1. The van der Waals surface area contributed by atoms with Gasteiger partial charge in [0.2, 0.25) is 0 Å². The van der Waals surface area contributed by atoms with E-state index in [1.807, 2.05) is 18.4 Å². The van der Waals surface area contributed by atoms with Crippen LogP contribution in [0.3, 0.4) is 0 Å². The fraction of sp³-hybridized carbons (Fsp3) is 0.500. The second-order valence-electron chi connectivity index (χ2n) is 8.34. The van der Waals surface area contributed by atoms with Crippen LogP contribution in [-0.2, 0) is 0 Å². The standard InChI is InChI=1S/C22H25F2N5O2/c1-11-25-20(28-18(13-4-5-13)14-6-7-14)19-21(26-11)29(12(2)27-19)15-8-9-16(31-22(23)24)17(10-15)30-3/h8-10,13-14,18,22H,4-7H2,1-3H3,(H,25,26,28). The molecule has 0 aliphatic heterocycles. The largest absolute Gasteiger partial charge is 0.493 e. The quantitative estimate of drug-likeness (QED) is 0.562. The molecule has 2 heterocycles. The van der Waals surface area contributed by atoms with Gasteiger partial charge in [-0.2, -0.15) is 8.78 Å². The van der Waals surface area contributed by atoms with Gasteiger partial charge in [0.05, 0.1) is 12.8 Å². The minimum atomic E-state index is -2.93. The van der Waals surface area contributed by atoms with Gasteiger partial charge in [0.15, 0.2) is 28.5 Å². The maximum absolute atomic E-state index is 12.7. The highest BCUT2D eigenvalue weighted by Crippen LogP contribution is 2.46. The molecule has 0 unspecified atom stereocenters. The molecule has 0 saturated heterocycles. The van der Waals surface area contributed by atoms with E-state index >= 15 is 0 Å². The molecule has 31 heavy (non-hydrogen) atoms.